The number of carbonyl (C=O) groups is 1. The van der Waals surface area contributed by atoms with Gasteiger partial charge in [-0.15, -0.1) is 11.3 Å². The van der Waals surface area contributed by atoms with Gasteiger partial charge in [-0.05, 0) is 39.2 Å². The number of benzene rings is 1. The zero-order valence-corrected chi connectivity index (χ0v) is 17.7. The Hall–Kier alpha value is -2.80. The van der Waals surface area contributed by atoms with Gasteiger partial charge < -0.3 is 9.88 Å². The maximum absolute atomic E-state index is 13.1. The van der Waals surface area contributed by atoms with Crippen molar-refractivity contribution in [1.29, 1.82) is 0 Å². The van der Waals surface area contributed by atoms with E-state index in [1.165, 1.54) is 11.3 Å². The van der Waals surface area contributed by atoms with E-state index in [0.29, 0.717) is 29.2 Å². The Bertz CT molecular complexity index is 1100. The maximum Gasteiger partial charge on any atom is 0.266 e. The van der Waals surface area contributed by atoms with Crippen LogP contribution in [0.5, 0.6) is 0 Å². The second-order valence-corrected chi connectivity index (χ2v) is 8.68. The number of aromatic amines is 1. The van der Waals surface area contributed by atoms with Gasteiger partial charge in [-0.25, -0.2) is 9.97 Å². The zero-order chi connectivity index (χ0) is 20.5. The van der Waals surface area contributed by atoms with Crippen molar-refractivity contribution in [2.45, 2.75) is 46.1 Å². The molecule has 3 aromatic rings. The second kappa shape index (κ2) is 7.91. The summed E-state index contributed by atoms with van der Waals surface area (Å²) in [6, 6.07) is 9.69. The predicted octanol–water partition coefficient (Wildman–Crippen LogP) is 3.72. The van der Waals surface area contributed by atoms with Gasteiger partial charge >= 0.3 is 0 Å². The lowest BCUT2D eigenvalue weighted by molar-refractivity contribution is 0.0733. The van der Waals surface area contributed by atoms with Crippen molar-refractivity contribution < 1.29 is 4.79 Å². The van der Waals surface area contributed by atoms with Gasteiger partial charge in [0.25, 0.3) is 11.5 Å². The molecule has 3 heterocycles. The third kappa shape index (κ3) is 3.87. The zero-order valence-electron chi connectivity index (χ0n) is 16.9. The molecule has 29 heavy (non-hydrogen) atoms. The molecule has 6 nitrogen and oxygen atoms in total. The van der Waals surface area contributed by atoms with Gasteiger partial charge in [-0.2, -0.15) is 0 Å². The summed E-state index contributed by atoms with van der Waals surface area (Å²) >= 11 is 1.42. The number of H-pyrrole nitrogens is 1. The van der Waals surface area contributed by atoms with Crippen molar-refractivity contribution in [2.24, 2.45) is 0 Å². The Morgan fingerprint density at radius 3 is 2.59 bits per heavy atom. The van der Waals surface area contributed by atoms with Crippen molar-refractivity contribution in [1.82, 2.24) is 19.9 Å². The maximum atomic E-state index is 13.1. The molecule has 1 aliphatic rings. The second-order valence-electron chi connectivity index (χ2n) is 7.48. The summed E-state index contributed by atoms with van der Waals surface area (Å²) < 4.78 is 0. The van der Waals surface area contributed by atoms with Crippen molar-refractivity contribution in [3.8, 4) is 0 Å². The monoisotopic (exact) mass is 408 g/mol. The number of rotatable bonds is 4. The molecule has 1 atom stereocenters. The lowest BCUT2D eigenvalue weighted by atomic mass is 10.0. The van der Waals surface area contributed by atoms with Crippen molar-refractivity contribution in [3.63, 3.8) is 0 Å². The Kier molecular flexibility index (Phi) is 5.32. The number of thiazole rings is 1. The van der Waals surface area contributed by atoms with Gasteiger partial charge in [0.15, 0.2) is 0 Å². The molecule has 1 fully saturated rings. The average Bonchev–Trinajstić information content (AvgIpc) is 3.31. The lowest BCUT2D eigenvalue weighted by Gasteiger charge is -2.24. The van der Waals surface area contributed by atoms with E-state index in [0.717, 1.165) is 34.8 Å². The van der Waals surface area contributed by atoms with Crippen LogP contribution in [-0.2, 0) is 6.42 Å². The van der Waals surface area contributed by atoms with Crippen LogP contribution in [-0.4, -0.2) is 32.3 Å². The van der Waals surface area contributed by atoms with Crippen LogP contribution in [0.15, 0.2) is 35.1 Å². The number of amides is 1. The van der Waals surface area contributed by atoms with Gasteiger partial charge in [-0.3, -0.25) is 9.59 Å². The quantitative estimate of drug-likeness (QED) is 0.714. The first-order chi connectivity index (χ1) is 13.9. The van der Waals surface area contributed by atoms with Gasteiger partial charge in [0.1, 0.15) is 10.7 Å². The normalized spacial score (nSPS) is 16.4. The fourth-order valence-electron chi connectivity index (χ4n) is 3.95. The first kappa shape index (κ1) is 19.5. The minimum Gasteiger partial charge on any atom is -0.328 e. The van der Waals surface area contributed by atoms with Crippen LogP contribution < -0.4 is 5.56 Å². The molecule has 0 unspecified atom stereocenters. The molecular weight excluding hydrogens is 384 g/mol. The number of likely N-dealkylation sites (tertiary alicyclic amines) is 1. The van der Waals surface area contributed by atoms with Crippen molar-refractivity contribution in [2.75, 3.05) is 6.54 Å². The van der Waals surface area contributed by atoms with E-state index in [4.69, 9.17) is 4.98 Å². The molecule has 1 aromatic carbocycles. The Labute approximate surface area is 173 Å². The molecular formula is C22H24N4O2S. The molecule has 2 aromatic heterocycles. The Balaban J connectivity index is 1.63. The van der Waals surface area contributed by atoms with Crippen LogP contribution in [0.25, 0.3) is 0 Å². The summed E-state index contributed by atoms with van der Waals surface area (Å²) in [5, 5.41) is 0.884. The predicted molar refractivity (Wildman–Crippen MR) is 113 cm³/mol. The summed E-state index contributed by atoms with van der Waals surface area (Å²) in [7, 11) is 0. The first-order valence-electron chi connectivity index (χ1n) is 9.82. The summed E-state index contributed by atoms with van der Waals surface area (Å²) in [4.78, 5) is 40.5. The van der Waals surface area contributed by atoms with Gasteiger partial charge in [0.05, 0.1) is 16.7 Å². The van der Waals surface area contributed by atoms with Crippen LogP contribution in [0.2, 0.25) is 0 Å². The number of aromatic nitrogens is 3. The highest BCUT2D eigenvalue weighted by Crippen LogP contribution is 2.33. The third-order valence-electron chi connectivity index (χ3n) is 5.39. The van der Waals surface area contributed by atoms with Crippen LogP contribution >= 0.6 is 11.3 Å². The Morgan fingerprint density at radius 2 is 1.93 bits per heavy atom. The number of nitrogens with zero attached hydrogens (tertiary/aromatic N) is 3. The highest BCUT2D eigenvalue weighted by atomic mass is 32.1. The fourth-order valence-corrected chi connectivity index (χ4v) is 4.83. The average molecular weight is 409 g/mol. The van der Waals surface area contributed by atoms with E-state index >= 15 is 0 Å². The topological polar surface area (TPSA) is 79.0 Å². The highest BCUT2D eigenvalue weighted by Gasteiger charge is 2.34. The molecule has 7 heteroatoms. The molecule has 1 saturated heterocycles. The van der Waals surface area contributed by atoms with Gasteiger partial charge in [-0.1, -0.05) is 30.3 Å². The van der Waals surface area contributed by atoms with Crippen LogP contribution in [0.3, 0.4) is 0 Å². The summed E-state index contributed by atoms with van der Waals surface area (Å²) in [6.45, 7) is 6.30. The molecule has 1 aliphatic heterocycles. The van der Waals surface area contributed by atoms with E-state index in [2.05, 4.69) is 9.97 Å². The van der Waals surface area contributed by atoms with E-state index in [1.807, 2.05) is 56.0 Å². The van der Waals surface area contributed by atoms with E-state index in [-0.39, 0.29) is 17.5 Å². The molecule has 150 valence electrons. The van der Waals surface area contributed by atoms with E-state index in [1.54, 1.807) is 0 Å². The summed E-state index contributed by atoms with van der Waals surface area (Å²) in [5.41, 5.74) is 3.10. The van der Waals surface area contributed by atoms with Gasteiger partial charge in [0.2, 0.25) is 0 Å². The number of hydrogen-bond donors (Lipinski definition) is 1. The first-order valence-corrected chi connectivity index (χ1v) is 10.6. The molecule has 0 saturated carbocycles. The Morgan fingerprint density at radius 1 is 1.17 bits per heavy atom. The minimum atomic E-state index is -0.207. The van der Waals surface area contributed by atoms with Crippen LogP contribution in [0.1, 0.15) is 61.9 Å². The lowest BCUT2D eigenvalue weighted by Crippen LogP contribution is -2.33. The number of nitrogens with one attached hydrogen (secondary N) is 1. The van der Waals surface area contributed by atoms with Crippen molar-refractivity contribution in [3.05, 3.63) is 78.9 Å². The third-order valence-corrected chi connectivity index (χ3v) is 6.45. The molecule has 0 bridgehead atoms. The van der Waals surface area contributed by atoms with Crippen LogP contribution in [0.4, 0.5) is 0 Å². The SMILES string of the molecule is Cc1nc(C)c(C(=O)N2CCC[C@@H]2c2nc(C)c(Cc3ccccc3)c(=O)[nH]2)s1. The summed E-state index contributed by atoms with van der Waals surface area (Å²) in [6.07, 6.45) is 2.23. The number of carbonyl (C=O) groups excluding carboxylic acids is 1. The molecule has 0 spiro atoms. The molecule has 4 rings (SSSR count). The molecule has 0 radical (unpaired) electrons. The molecule has 0 aliphatic carbocycles. The van der Waals surface area contributed by atoms with Crippen molar-refractivity contribution >= 4 is 17.2 Å². The summed E-state index contributed by atoms with van der Waals surface area (Å²) in [5.74, 6) is 0.554. The molecule has 1 amide bonds. The van der Waals surface area contributed by atoms with Crippen LogP contribution in [0, 0.1) is 20.8 Å². The smallest absolute Gasteiger partial charge is 0.266 e. The number of hydrogen-bond acceptors (Lipinski definition) is 5. The standard InChI is InChI=1S/C22H24N4O2S/c1-13-17(12-16-8-5-4-6-9-16)21(27)25-20(24-13)18-10-7-11-26(18)22(28)19-14(2)23-15(3)29-19/h4-6,8-9,18H,7,10-12H2,1-3H3,(H,24,25,27)/t18-/m1/s1. The minimum absolute atomic E-state index is 0.0238. The highest BCUT2D eigenvalue weighted by molar-refractivity contribution is 7.13. The van der Waals surface area contributed by atoms with E-state index < -0.39 is 0 Å². The van der Waals surface area contributed by atoms with E-state index in [9.17, 15) is 9.59 Å². The number of aryl methyl sites for hydroxylation is 3. The fraction of sp³-hybridized carbons (Fsp3) is 0.364. The largest absolute Gasteiger partial charge is 0.328 e. The molecule has 1 N–H and O–H groups in total. The van der Waals surface area contributed by atoms with Gasteiger partial charge in [0, 0.05) is 24.2 Å².